The molecule has 3 rings (SSSR count). The number of pyridine rings is 1. The van der Waals surface area contributed by atoms with Crippen molar-refractivity contribution in [3.63, 3.8) is 0 Å². The van der Waals surface area contributed by atoms with Crippen molar-refractivity contribution >= 4 is 21.4 Å². The summed E-state index contributed by atoms with van der Waals surface area (Å²) in [5.74, 6) is 0. The monoisotopic (exact) mass is 307 g/mol. The summed E-state index contributed by atoms with van der Waals surface area (Å²) in [5, 5.41) is 0. The van der Waals surface area contributed by atoms with E-state index in [4.69, 9.17) is 0 Å². The van der Waals surface area contributed by atoms with E-state index in [1.54, 1.807) is 0 Å². The molecule has 0 radical (unpaired) electrons. The van der Waals surface area contributed by atoms with E-state index in [0.29, 0.717) is 0 Å². The Bertz CT molecular complexity index is 527. The molecule has 0 saturated carbocycles. The van der Waals surface area contributed by atoms with Gasteiger partial charge in [0.15, 0.2) is 4.73 Å². The second-order valence-corrected chi connectivity index (χ2v) is 5.68. The third-order valence-corrected chi connectivity index (χ3v) is 4.21. The van der Waals surface area contributed by atoms with Crippen LogP contribution in [0.25, 0.3) is 5.52 Å². The van der Waals surface area contributed by atoms with Gasteiger partial charge in [-0.25, -0.2) is 4.98 Å². The smallest absolute Gasteiger partial charge is 0.182 e. The van der Waals surface area contributed by atoms with E-state index in [-0.39, 0.29) is 0 Å². The summed E-state index contributed by atoms with van der Waals surface area (Å²) in [6.07, 6.45) is 7.46. The van der Waals surface area contributed by atoms with Crippen LogP contribution in [0.2, 0.25) is 0 Å². The lowest BCUT2D eigenvalue weighted by Crippen LogP contribution is -2.24. The van der Waals surface area contributed by atoms with Gasteiger partial charge in [0.05, 0.1) is 11.2 Å². The molecule has 0 N–H and O–H groups in total. The first-order valence-corrected chi connectivity index (χ1v) is 7.48. The largest absolute Gasteiger partial charge is 0.297 e. The van der Waals surface area contributed by atoms with E-state index in [1.165, 1.54) is 50.0 Å². The summed E-state index contributed by atoms with van der Waals surface area (Å²) in [6, 6.07) is 6.26. The molecular weight excluding hydrogens is 290 g/mol. The van der Waals surface area contributed by atoms with Crippen molar-refractivity contribution in [3.8, 4) is 0 Å². The van der Waals surface area contributed by atoms with Gasteiger partial charge in [-0.3, -0.25) is 9.30 Å². The van der Waals surface area contributed by atoms with Crippen LogP contribution in [0.5, 0.6) is 0 Å². The van der Waals surface area contributed by atoms with Gasteiger partial charge in [-0.05, 0) is 54.0 Å². The zero-order chi connectivity index (χ0) is 12.4. The van der Waals surface area contributed by atoms with Crippen LogP contribution in [-0.4, -0.2) is 27.4 Å². The van der Waals surface area contributed by atoms with Gasteiger partial charge in [0.1, 0.15) is 0 Å². The lowest BCUT2D eigenvalue weighted by atomic mass is 10.2. The molecule has 4 heteroatoms. The topological polar surface area (TPSA) is 20.5 Å². The molecule has 0 aliphatic carbocycles. The minimum absolute atomic E-state index is 0.905. The Hall–Kier alpha value is -0.870. The zero-order valence-corrected chi connectivity index (χ0v) is 12.1. The summed E-state index contributed by atoms with van der Waals surface area (Å²) in [6.45, 7) is 3.39. The Morgan fingerprint density at radius 2 is 1.89 bits per heavy atom. The SMILES string of the molecule is Brc1nc(CN2CCCCCC2)c2ccccn12. The summed E-state index contributed by atoms with van der Waals surface area (Å²) in [4.78, 5) is 7.19. The van der Waals surface area contributed by atoms with Gasteiger partial charge in [0, 0.05) is 12.7 Å². The highest BCUT2D eigenvalue weighted by Crippen LogP contribution is 2.20. The van der Waals surface area contributed by atoms with Gasteiger partial charge in [0.25, 0.3) is 0 Å². The number of aromatic nitrogens is 2. The number of imidazole rings is 1. The Morgan fingerprint density at radius 3 is 2.67 bits per heavy atom. The standard InChI is InChI=1S/C14H18BrN3/c15-14-16-12(13-7-3-6-10-18(13)14)11-17-8-4-1-2-5-9-17/h3,6-7,10H,1-2,4-5,8-9,11H2. The van der Waals surface area contributed by atoms with E-state index >= 15 is 0 Å². The second kappa shape index (κ2) is 5.41. The quantitative estimate of drug-likeness (QED) is 0.847. The van der Waals surface area contributed by atoms with E-state index < -0.39 is 0 Å². The molecule has 0 amide bonds. The third kappa shape index (κ3) is 2.45. The number of hydrogen-bond donors (Lipinski definition) is 0. The number of fused-ring (bicyclic) bond motifs is 1. The van der Waals surface area contributed by atoms with Crippen molar-refractivity contribution in [3.05, 3.63) is 34.8 Å². The molecule has 3 heterocycles. The Balaban J connectivity index is 1.85. The number of likely N-dealkylation sites (tertiary alicyclic amines) is 1. The van der Waals surface area contributed by atoms with Crippen LogP contribution < -0.4 is 0 Å². The molecule has 1 fully saturated rings. The molecule has 18 heavy (non-hydrogen) atoms. The summed E-state index contributed by atoms with van der Waals surface area (Å²) < 4.78 is 3.01. The van der Waals surface area contributed by atoms with Crippen molar-refractivity contribution in [2.24, 2.45) is 0 Å². The number of hydrogen-bond acceptors (Lipinski definition) is 2. The average Bonchev–Trinajstić information content (AvgIpc) is 2.58. The Morgan fingerprint density at radius 1 is 1.11 bits per heavy atom. The number of nitrogens with zero attached hydrogens (tertiary/aromatic N) is 3. The maximum absolute atomic E-state index is 4.65. The van der Waals surface area contributed by atoms with E-state index in [0.717, 1.165) is 11.3 Å². The van der Waals surface area contributed by atoms with Crippen LogP contribution in [0.15, 0.2) is 29.1 Å². The molecule has 0 atom stereocenters. The van der Waals surface area contributed by atoms with Crippen molar-refractivity contribution < 1.29 is 0 Å². The van der Waals surface area contributed by atoms with Gasteiger partial charge in [0.2, 0.25) is 0 Å². The first-order valence-electron chi connectivity index (χ1n) is 6.68. The molecule has 2 aromatic heterocycles. The molecule has 0 bridgehead atoms. The molecular formula is C14H18BrN3. The summed E-state index contributed by atoms with van der Waals surface area (Å²) >= 11 is 3.53. The Labute approximate surface area is 116 Å². The fourth-order valence-corrected chi connectivity index (χ4v) is 3.21. The first-order chi connectivity index (χ1) is 8.84. The van der Waals surface area contributed by atoms with Gasteiger partial charge < -0.3 is 0 Å². The van der Waals surface area contributed by atoms with Crippen LogP contribution in [-0.2, 0) is 6.54 Å². The maximum atomic E-state index is 4.65. The normalized spacial score (nSPS) is 18.1. The molecule has 1 aliphatic heterocycles. The van der Waals surface area contributed by atoms with Crippen LogP contribution in [0, 0.1) is 0 Å². The van der Waals surface area contributed by atoms with Gasteiger partial charge >= 0.3 is 0 Å². The molecule has 0 aromatic carbocycles. The molecule has 3 nitrogen and oxygen atoms in total. The summed E-state index contributed by atoms with van der Waals surface area (Å²) in [7, 11) is 0. The van der Waals surface area contributed by atoms with Crippen molar-refractivity contribution in [1.29, 1.82) is 0 Å². The average molecular weight is 308 g/mol. The van der Waals surface area contributed by atoms with Crippen LogP contribution >= 0.6 is 15.9 Å². The minimum Gasteiger partial charge on any atom is -0.297 e. The van der Waals surface area contributed by atoms with E-state index in [9.17, 15) is 0 Å². The van der Waals surface area contributed by atoms with E-state index in [1.807, 2.05) is 6.07 Å². The second-order valence-electron chi connectivity index (χ2n) is 4.97. The van der Waals surface area contributed by atoms with Gasteiger partial charge in [-0.1, -0.05) is 18.9 Å². The highest BCUT2D eigenvalue weighted by Gasteiger charge is 2.14. The fraction of sp³-hybridized carbons (Fsp3) is 0.500. The third-order valence-electron chi connectivity index (χ3n) is 3.65. The Kier molecular flexibility index (Phi) is 3.66. The number of halogens is 1. The number of rotatable bonds is 2. The lowest BCUT2D eigenvalue weighted by molar-refractivity contribution is 0.275. The maximum Gasteiger partial charge on any atom is 0.182 e. The molecule has 2 aromatic rings. The van der Waals surface area contributed by atoms with Crippen molar-refractivity contribution in [2.75, 3.05) is 13.1 Å². The molecule has 1 aliphatic rings. The minimum atomic E-state index is 0.905. The predicted molar refractivity (Wildman–Crippen MR) is 76.6 cm³/mol. The van der Waals surface area contributed by atoms with Crippen LogP contribution in [0.3, 0.4) is 0 Å². The highest BCUT2D eigenvalue weighted by molar-refractivity contribution is 9.10. The van der Waals surface area contributed by atoms with E-state index in [2.05, 4.69) is 48.5 Å². The summed E-state index contributed by atoms with van der Waals surface area (Å²) in [5.41, 5.74) is 2.40. The van der Waals surface area contributed by atoms with Crippen LogP contribution in [0.1, 0.15) is 31.4 Å². The molecule has 96 valence electrons. The lowest BCUT2D eigenvalue weighted by Gasteiger charge is -2.18. The van der Waals surface area contributed by atoms with Crippen LogP contribution in [0.4, 0.5) is 0 Å². The van der Waals surface area contributed by atoms with Crippen molar-refractivity contribution in [1.82, 2.24) is 14.3 Å². The first kappa shape index (κ1) is 12.2. The molecule has 0 unspecified atom stereocenters. The molecule has 0 spiro atoms. The van der Waals surface area contributed by atoms with Gasteiger partial charge in [-0.15, -0.1) is 0 Å². The zero-order valence-electron chi connectivity index (χ0n) is 10.5. The predicted octanol–water partition coefficient (Wildman–Crippen LogP) is 3.47. The fourth-order valence-electron chi connectivity index (χ4n) is 2.68. The van der Waals surface area contributed by atoms with Crippen molar-refractivity contribution in [2.45, 2.75) is 32.2 Å². The van der Waals surface area contributed by atoms with Gasteiger partial charge in [-0.2, -0.15) is 0 Å². The highest BCUT2D eigenvalue weighted by atomic mass is 79.9. The molecule has 1 saturated heterocycles.